The Bertz CT molecular complexity index is 707. The number of rotatable bonds is 4. The van der Waals surface area contributed by atoms with Gasteiger partial charge in [-0.15, -0.1) is 0 Å². The van der Waals surface area contributed by atoms with Crippen molar-refractivity contribution in [3.63, 3.8) is 0 Å². The fraction of sp³-hybridized carbons (Fsp3) is 0.474. The summed E-state index contributed by atoms with van der Waals surface area (Å²) in [6.07, 6.45) is 1.10. The lowest BCUT2D eigenvalue weighted by Gasteiger charge is -2.41. The zero-order valence-corrected chi connectivity index (χ0v) is 16.0. The molecule has 1 saturated heterocycles. The van der Waals surface area contributed by atoms with Gasteiger partial charge in [-0.25, -0.2) is 4.99 Å². The Balaban J connectivity index is 2.10. The van der Waals surface area contributed by atoms with Crippen molar-refractivity contribution in [1.82, 2.24) is 9.80 Å². The van der Waals surface area contributed by atoms with E-state index in [4.69, 9.17) is 10.7 Å². The van der Waals surface area contributed by atoms with Gasteiger partial charge >= 0.3 is 0 Å². The molecule has 2 N–H and O–H groups in total. The fourth-order valence-corrected chi connectivity index (χ4v) is 4.47. The van der Waals surface area contributed by atoms with E-state index in [1.165, 1.54) is 0 Å². The number of carbonyl (C=O) groups excluding carboxylic acids is 1. The summed E-state index contributed by atoms with van der Waals surface area (Å²) in [5, 5.41) is 1.03. The molecule has 2 heterocycles. The second-order valence-electron chi connectivity index (χ2n) is 6.34. The predicted molar refractivity (Wildman–Crippen MR) is 105 cm³/mol. The van der Waals surface area contributed by atoms with Gasteiger partial charge in [0.1, 0.15) is 0 Å². The number of hydrogen-bond donors (Lipinski definition) is 1. The molecule has 2 aliphatic rings. The normalized spacial score (nSPS) is 20.2. The number of thioether (sulfide) groups is 1. The highest BCUT2D eigenvalue weighted by Crippen LogP contribution is 2.40. The van der Waals surface area contributed by atoms with Crippen LogP contribution in [0.2, 0.25) is 0 Å². The van der Waals surface area contributed by atoms with Gasteiger partial charge in [0, 0.05) is 31.1 Å². The number of benzene rings is 1. The molecule has 25 heavy (non-hydrogen) atoms. The number of fused-ring (bicyclic) bond motifs is 1. The van der Waals surface area contributed by atoms with E-state index < -0.39 is 0 Å². The first-order chi connectivity index (χ1) is 12.1. The molecule has 0 aromatic heterocycles. The van der Waals surface area contributed by atoms with Crippen molar-refractivity contribution in [3.8, 4) is 0 Å². The number of carbonyl (C=O) groups is 1. The van der Waals surface area contributed by atoms with Crippen molar-refractivity contribution in [2.45, 2.75) is 33.2 Å². The van der Waals surface area contributed by atoms with E-state index in [0.29, 0.717) is 13.1 Å². The summed E-state index contributed by atoms with van der Waals surface area (Å²) in [7, 11) is 0. The van der Waals surface area contributed by atoms with Gasteiger partial charge in [-0.05, 0) is 44.9 Å². The molecule has 0 bridgehead atoms. The minimum absolute atomic E-state index is 0.0858. The zero-order chi connectivity index (χ0) is 18.0. The standard InChI is InChI=1S/C19H26N4OS/c1-4-22(5-2)18(24)16-13(3)21-19-23(11-6-12-25-19)17(16)14-7-9-15(20)10-8-14/h7-10,17H,4-6,11-12,20H2,1-3H3/t17-/m0/s1. The molecule has 1 fully saturated rings. The van der Waals surface area contributed by atoms with Gasteiger partial charge in [-0.1, -0.05) is 23.9 Å². The van der Waals surface area contributed by atoms with Crippen molar-refractivity contribution >= 4 is 28.5 Å². The molecule has 1 atom stereocenters. The Labute approximate surface area is 154 Å². The summed E-state index contributed by atoms with van der Waals surface area (Å²) < 4.78 is 0. The van der Waals surface area contributed by atoms with Gasteiger partial charge in [0.25, 0.3) is 5.91 Å². The third kappa shape index (κ3) is 3.40. The van der Waals surface area contributed by atoms with Gasteiger partial charge in [0.05, 0.1) is 17.3 Å². The molecule has 1 amide bonds. The monoisotopic (exact) mass is 358 g/mol. The molecule has 134 valence electrons. The summed E-state index contributed by atoms with van der Waals surface area (Å²) >= 11 is 1.78. The first-order valence-corrected chi connectivity index (χ1v) is 9.89. The van der Waals surface area contributed by atoms with E-state index >= 15 is 0 Å². The van der Waals surface area contributed by atoms with Crippen LogP contribution in [0.5, 0.6) is 0 Å². The first-order valence-electron chi connectivity index (χ1n) is 8.90. The van der Waals surface area contributed by atoms with E-state index in [2.05, 4.69) is 4.90 Å². The van der Waals surface area contributed by atoms with E-state index in [1.54, 1.807) is 11.8 Å². The summed E-state index contributed by atoms with van der Waals surface area (Å²) in [4.78, 5) is 22.2. The van der Waals surface area contributed by atoms with Crippen LogP contribution >= 0.6 is 11.8 Å². The summed E-state index contributed by atoms with van der Waals surface area (Å²) in [5.41, 5.74) is 9.33. The summed E-state index contributed by atoms with van der Waals surface area (Å²) in [6.45, 7) is 8.31. The quantitative estimate of drug-likeness (QED) is 0.839. The molecule has 0 unspecified atom stereocenters. The maximum atomic E-state index is 13.2. The topological polar surface area (TPSA) is 61.9 Å². The summed E-state index contributed by atoms with van der Waals surface area (Å²) in [5.74, 6) is 1.17. The van der Waals surface area contributed by atoms with Gasteiger partial charge in [0.2, 0.25) is 0 Å². The molecule has 0 spiro atoms. The highest BCUT2D eigenvalue weighted by atomic mass is 32.2. The highest BCUT2D eigenvalue weighted by molar-refractivity contribution is 8.13. The van der Waals surface area contributed by atoms with Crippen molar-refractivity contribution in [2.75, 3.05) is 31.1 Å². The lowest BCUT2D eigenvalue weighted by molar-refractivity contribution is -0.127. The van der Waals surface area contributed by atoms with Crippen molar-refractivity contribution in [1.29, 1.82) is 0 Å². The SMILES string of the molecule is CCN(CC)C(=O)C1=C(C)N=C2SCCCN2[C@H]1c1ccc(N)cc1. The minimum Gasteiger partial charge on any atom is -0.399 e. The fourth-order valence-electron chi connectivity index (χ4n) is 3.45. The predicted octanol–water partition coefficient (Wildman–Crippen LogP) is 3.26. The lowest BCUT2D eigenvalue weighted by Crippen LogP contribution is -2.45. The molecule has 0 aliphatic carbocycles. The number of nitrogen functional groups attached to an aromatic ring is 1. The van der Waals surface area contributed by atoms with Crippen LogP contribution in [0.3, 0.4) is 0 Å². The van der Waals surface area contributed by atoms with Crippen LogP contribution in [0, 0.1) is 0 Å². The number of anilines is 1. The van der Waals surface area contributed by atoms with E-state index in [-0.39, 0.29) is 11.9 Å². The van der Waals surface area contributed by atoms with Gasteiger partial charge in [-0.2, -0.15) is 0 Å². The molecule has 0 saturated carbocycles. The minimum atomic E-state index is -0.0889. The average Bonchev–Trinajstić information content (AvgIpc) is 2.62. The zero-order valence-electron chi connectivity index (χ0n) is 15.2. The number of amidine groups is 1. The van der Waals surface area contributed by atoms with Gasteiger partial charge < -0.3 is 15.5 Å². The molecule has 1 aromatic carbocycles. The van der Waals surface area contributed by atoms with Crippen molar-refractivity contribution in [3.05, 3.63) is 41.1 Å². The van der Waals surface area contributed by atoms with Crippen LogP contribution in [0.4, 0.5) is 5.69 Å². The number of nitrogens with zero attached hydrogens (tertiary/aromatic N) is 3. The smallest absolute Gasteiger partial charge is 0.254 e. The van der Waals surface area contributed by atoms with Crippen LogP contribution < -0.4 is 5.73 Å². The Kier molecular flexibility index (Phi) is 5.37. The number of aliphatic imine (C=N–C) groups is 1. The molecular weight excluding hydrogens is 332 g/mol. The van der Waals surface area contributed by atoms with Crippen LogP contribution in [0.15, 0.2) is 40.5 Å². The van der Waals surface area contributed by atoms with Crippen molar-refractivity contribution in [2.24, 2.45) is 4.99 Å². The molecular formula is C19H26N4OS. The lowest BCUT2D eigenvalue weighted by atomic mass is 9.93. The third-order valence-corrected chi connectivity index (χ3v) is 5.87. The molecule has 3 rings (SSSR count). The Morgan fingerprint density at radius 2 is 2.00 bits per heavy atom. The second-order valence-corrected chi connectivity index (χ2v) is 7.40. The number of hydrogen-bond acceptors (Lipinski definition) is 5. The van der Waals surface area contributed by atoms with Crippen LogP contribution in [0.1, 0.15) is 38.8 Å². The van der Waals surface area contributed by atoms with Crippen molar-refractivity contribution < 1.29 is 4.79 Å². The van der Waals surface area contributed by atoms with Crippen LogP contribution in [0.25, 0.3) is 0 Å². The number of amides is 1. The van der Waals surface area contributed by atoms with Gasteiger partial charge in [0.15, 0.2) is 5.17 Å². The Hall–Kier alpha value is -1.95. The summed E-state index contributed by atoms with van der Waals surface area (Å²) in [6, 6.07) is 7.80. The van der Waals surface area contributed by atoms with Crippen LogP contribution in [-0.4, -0.2) is 46.3 Å². The van der Waals surface area contributed by atoms with E-state index in [9.17, 15) is 4.79 Å². The third-order valence-electron chi connectivity index (χ3n) is 4.79. The van der Waals surface area contributed by atoms with E-state index in [1.807, 2.05) is 49.9 Å². The molecule has 1 aromatic rings. The molecule has 5 nitrogen and oxygen atoms in total. The van der Waals surface area contributed by atoms with E-state index in [0.717, 1.165) is 46.4 Å². The molecule has 0 radical (unpaired) electrons. The number of allylic oxidation sites excluding steroid dienone is 1. The number of nitrogens with two attached hydrogens (primary N) is 1. The largest absolute Gasteiger partial charge is 0.399 e. The molecule has 2 aliphatic heterocycles. The average molecular weight is 359 g/mol. The maximum absolute atomic E-state index is 13.2. The maximum Gasteiger partial charge on any atom is 0.254 e. The first kappa shape index (κ1) is 17.9. The Morgan fingerprint density at radius 3 is 2.64 bits per heavy atom. The second kappa shape index (κ2) is 7.52. The Morgan fingerprint density at radius 1 is 1.32 bits per heavy atom. The van der Waals surface area contributed by atoms with Crippen LogP contribution in [-0.2, 0) is 4.79 Å². The highest BCUT2D eigenvalue weighted by Gasteiger charge is 2.38. The van der Waals surface area contributed by atoms with Gasteiger partial charge in [-0.3, -0.25) is 4.79 Å². The number of likely N-dealkylation sites (N-methyl/N-ethyl adjacent to an activating group) is 1. The molecule has 6 heteroatoms.